The number of carboxylic acid groups (broad SMARTS) is 1. The van der Waals surface area contributed by atoms with Crippen LogP contribution in [0.15, 0.2) is 11.6 Å². The number of hydrogen-bond acceptors (Lipinski definition) is 2. The monoisotopic (exact) mass is 167 g/mol. The summed E-state index contributed by atoms with van der Waals surface area (Å²) >= 11 is 0. The smallest absolute Gasteiger partial charge is 0.346 e. The minimum Gasteiger partial charge on any atom is -0.477 e. The number of hydrogen-bond donors (Lipinski definition) is 1. The lowest BCUT2D eigenvalue weighted by molar-refractivity contribution is -0.132. The molecule has 12 heavy (non-hydrogen) atoms. The molecule has 66 valence electrons. The Morgan fingerprint density at radius 3 is 2.33 bits per heavy atom. The van der Waals surface area contributed by atoms with E-state index < -0.39 is 5.97 Å². The van der Waals surface area contributed by atoms with Gasteiger partial charge in [0.2, 0.25) is 0 Å². The van der Waals surface area contributed by atoms with Gasteiger partial charge < -0.3 is 5.11 Å². The lowest BCUT2D eigenvalue weighted by atomic mass is 9.91. The Labute approximate surface area is 72.3 Å². The molecule has 3 heteroatoms. The highest BCUT2D eigenvalue weighted by molar-refractivity contribution is 5.90. The molecule has 0 aliphatic carbocycles. The van der Waals surface area contributed by atoms with Crippen LogP contribution in [0.1, 0.15) is 27.2 Å². The second-order valence-electron chi connectivity index (χ2n) is 3.80. The van der Waals surface area contributed by atoms with E-state index in [9.17, 15) is 4.79 Å². The first-order chi connectivity index (χ1) is 5.37. The number of allylic oxidation sites excluding steroid dienone is 1. The van der Waals surface area contributed by atoms with E-state index in [2.05, 4.69) is 0 Å². The van der Waals surface area contributed by atoms with Gasteiger partial charge in [-0.25, -0.2) is 4.79 Å². The molecule has 0 fully saturated rings. The zero-order valence-corrected chi connectivity index (χ0v) is 7.59. The van der Waals surface area contributed by atoms with Crippen molar-refractivity contribution in [2.45, 2.75) is 27.2 Å². The third-order valence-corrected chi connectivity index (χ3v) is 1.27. The summed E-state index contributed by atoms with van der Waals surface area (Å²) in [6.45, 7) is 5.96. The SMILES string of the molecule is CC(C)(C)CC=C(C#N)C(=O)O. The summed E-state index contributed by atoms with van der Waals surface area (Å²) in [6, 6.07) is 1.64. The molecule has 0 aliphatic heterocycles. The summed E-state index contributed by atoms with van der Waals surface area (Å²) in [6.07, 6.45) is 2.06. The molecular formula is C9H13NO2. The van der Waals surface area contributed by atoms with Crippen LogP contribution in [-0.4, -0.2) is 11.1 Å². The van der Waals surface area contributed by atoms with Crippen molar-refractivity contribution in [1.82, 2.24) is 0 Å². The van der Waals surface area contributed by atoms with Gasteiger partial charge in [0.1, 0.15) is 11.6 Å². The zero-order chi connectivity index (χ0) is 9.78. The first kappa shape index (κ1) is 10.7. The van der Waals surface area contributed by atoms with Gasteiger partial charge in [-0.15, -0.1) is 0 Å². The fourth-order valence-electron chi connectivity index (χ4n) is 0.589. The predicted octanol–water partition coefficient (Wildman–Crippen LogP) is 1.96. The largest absolute Gasteiger partial charge is 0.477 e. The van der Waals surface area contributed by atoms with Crippen LogP contribution < -0.4 is 0 Å². The van der Waals surface area contributed by atoms with E-state index in [0.717, 1.165) is 0 Å². The third-order valence-electron chi connectivity index (χ3n) is 1.27. The van der Waals surface area contributed by atoms with Crippen molar-refractivity contribution in [3.05, 3.63) is 11.6 Å². The minimum absolute atomic E-state index is 0.0253. The highest BCUT2D eigenvalue weighted by Gasteiger charge is 2.11. The van der Waals surface area contributed by atoms with Crippen molar-refractivity contribution < 1.29 is 9.90 Å². The molecule has 0 aromatic carbocycles. The van der Waals surface area contributed by atoms with Gasteiger partial charge in [-0.2, -0.15) is 5.26 Å². The van der Waals surface area contributed by atoms with E-state index >= 15 is 0 Å². The summed E-state index contributed by atoms with van der Waals surface area (Å²) in [4.78, 5) is 10.4. The normalized spacial score (nSPS) is 12.3. The zero-order valence-electron chi connectivity index (χ0n) is 7.59. The Kier molecular flexibility index (Phi) is 3.49. The minimum atomic E-state index is -1.15. The maximum absolute atomic E-state index is 10.4. The van der Waals surface area contributed by atoms with Crippen molar-refractivity contribution >= 4 is 5.97 Å². The van der Waals surface area contributed by atoms with Crippen LogP contribution in [0, 0.1) is 16.7 Å². The number of rotatable bonds is 2. The summed E-state index contributed by atoms with van der Waals surface area (Å²) in [5.74, 6) is -1.15. The van der Waals surface area contributed by atoms with E-state index in [4.69, 9.17) is 10.4 Å². The van der Waals surface area contributed by atoms with Gasteiger partial charge in [-0.1, -0.05) is 26.8 Å². The summed E-state index contributed by atoms with van der Waals surface area (Å²) in [5.41, 5.74) is -0.151. The molecule has 1 N–H and O–H groups in total. The Hall–Kier alpha value is -1.30. The van der Waals surface area contributed by atoms with Gasteiger partial charge in [0.05, 0.1) is 0 Å². The van der Waals surface area contributed by atoms with E-state index in [1.807, 2.05) is 20.8 Å². The molecule has 0 saturated carbocycles. The maximum Gasteiger partial charge on any atom is 0.346 e. The highest BCUT2D eigenvalue weighted by atomic mass is 16.4. The molecule has 0 spiro atoms. The molecule has 0 radical (unpaired) electrons. The number of nitrogens with zero attached hydrogens (tertiary/aromatic N) is 1. The van der Waals surface area contributed by atoms with Crippen LogP contribution in [0.5, 0.6) is 0 Å². The molecule has 0 atom stereocenters. The second-order valence-corrected chi connectivity index (χ2v) is 3.80. The first-order valence-corrected chi connectivity index (χ1v) is 3.70. The van der Waals surface area contributed by atoms with Crippen LogP contribution in [-0.2, 0) is 4.79 Å². The Balaban J connectivity index is 4.36. The van der Waals surface area contributed by atoms with E-state index in [-0.39, 0.29) is 11.0 Å². The van der Waals surface area contributed by atoms with Crippen molar-refractivity contribution in [2.24, 2.45) is 5.41 Å². The highest BCUT2D eigenvalue weighted by Crippen LogP contribution is 2.19. The number of aliphatic carboxylic acids is 1. The summed E-state index contributed by atoms with van der Waals surface area (Å²) < 4.78 is 0. The summed E-state index contributed by atoms with van der Waals surface area (Å²) in [5, 5.41) is 16.9. The number of carboxylic acids is 1. The molecule has 0 amide bonds. The van der Waals surface area contributed by atoms with Gasteiger partial charge >= 0.3 is 5.97 Å². The molecule has 0 heterocycles. The van der Waals surface area contributed by atoms with Gasteiger partial charge in [0.15, 0.2) is 0 Å². The molecule has 0 bridgehead atoms. The molecule has 0 unspecified atom stereocenters. The average molecular weight is 167 g/mol. The fraction of sp³-hybridized carbons (Fsp3) is 0.556. The lowest BCUT2D eigenvalue weighted by Crippen LogP contribution is -2.05. The maximum atomic E-state index is 10.4. The van der Waals surface area contributed by atoms with Crippen molar-refractivity contribution in [2.75, 3.05) is 0 Å². The van der Waals surface area contributed by atoms with Gasteiger partial charge in [-0.3, -0.25) is 0 Å². The standard InChI is InChI=1S/C9H13NO2/c1-9(2,3)5-4-7(6-10)8(11)12/h4H,5H2,1-3H3,(H,11,12). The molecule has 0 saturated heterocycles. The number of carbonyl (C=O) groups is 1. The van der Waals surface area contributed by atoms with Gasteiger partial charge in [0.25, 0.3) is 0 Å². The molecular weight excluding hydrogens is 154 g/mol. The Morgan fingerprint density at radius 2 is 2.08 bits per heavy atom. The number of nitriles is 1. The molecule has 0 rings (SSSR count). The molecule has 0 aromatic heterocycles. The van der Waals surface area contributed by atoms with Crippen LogP contribution in [0.3, 0.4) is 0 Å². The molecule has 0 aliphatic rings. The van der Waals surface area contributed by atoms with Crippen molar-refractivity contribution in [3.8, 4) is 6.07 Å². The van der Waals surface area contributed by atoms with Gasteiger partial charge in [0, 0.05) is 0 Å². The van der Waals surface area contributed by atoms with Gasteiger partial charge in [-0.05, 0) is 11.8 Å². The quantitative estimate of drug-likeness (QED) is 0.505. The lowest BCUT2D eigenvalue weighted by Gasteiger charge is -2.14. The van der Waals surface area contributed by atoms with E-state index in [1.54, 1.807) is 6.07 Å². The molecule has 3 nitrogen and oxygen atoms in total. The second kappa shape index (κ2) is 3.91. The fourth-order valence-corrected chi connectivity index (χ4v) is 0.589. The van der Waals surface area contributed by atoms with Crippen LogP contribution in [0.25, 0.3) is 0 Å². The third kappa shape index (κ3) is 4.51. The molecule has 0 aromatic rings. The Bertz CT molecular complexity index is 240. The van der Waals surface area contributed by atoms with Crippen molar-refractivity contribution in [1.29, 1.82) is 5.26 Å². The average Bonchev–Trinajstić information content (AvgIpc) is 1.85. The van der Waals surface area contributed by atoms with E-state index in [1.165, 1.54) is 6.08 Å². The van der Waals surface area contributed by atoms with Crippen LogP contribution in [0.2, 0.25) is 0 Å². The topological polar surface area (TPSA) is 61.1 Å². The van der Waals surface area contributed by atoms with Crippen LogP contribution >= 0.6 is 0 Å². The summed E-state index contributed by atoms with van der Waals surface area (Å²) in [7, 11) is 0. The van der Waals surface area contributed by atoms with E-state index in [0.29, 0.717) is 6.42 Å². The predicted molar refractivity (Wildman–Crippen MR) is 45.4 cm³/mol. The Morgan fingerprint density at radius 1 is 1.58 bits per heavy atom. The first-order valence-electron chi connectivity index (χ1n) is 3.70. The van der Waals surface area contributed by atoms with Crippen molar-refractivity contribution in [3.63, 3.8) is 0 Å². The van der Waals surface area contributed by atoms with Crippen LogP contribution in [0.4, 0.5) is 0 Å².